The number of hydrogen-bond acceptors (Lipinski definition) is 2. The van der Waals surface area contributed by atoms with Crippen LogP contribution in [-0.4, -0.2) is 19.0 Å². The molecule has 0 N–H and O–H groups in total. The largest absolute Gasteiger partial charge is 0.373 e. The minimum atomic E-state index is -0.0923. The fourth-order valence-corrected chi connectivity index (χ4v) is 2.50. The summed E-state index contributed by atoms with van der Waals surface area (Å²) in [5, 5.41) is 0.914. The number of ether oxygens (including phenoxy) is 1. The van der Waals surface area contributed by atoms with Gasteiger partial charge in [-0.15, -0.1) is 0 Å². The Kier molecular flexibility index (Phi) is 5.04. The first-order chi connectivity index (χ1) is 8.66. The quantitative estimate of drug-likeness (QED) is 0.573. The highest BCUT2D eigenvalue weighted by atomic mass is 35.5. The van der Waals surface area contributed by atoms with Gasteiger partial charge < -0.3 is 4.74 Å². The maximum Gasteiger partial charge on any atom is 0.189 e. The van der Waals surface area contributed by atoms with Crippen molar-refractivity contribution in [3.8, 4) is 0 Å². The van der Waals surface area contributed by atoms with Crippen LogP contribution in [-0.2, 0) is 4.74 Å². The maximum absolute atomic E-state index is 11.9. The fraction of sp³-hybridized carbons (Fsp3) is 0.500. The van der Waals surface area contributed by atoms with Gasteiger partial charge in [0, 0.05) is 17.2 Å². The van der Waals surface area contributed by atoms with Crippen LogP contribution in [0.15, 0.2) is 18.2 Å². The third-order valence-electron chi connectivity index (χ3n) is 3.36. The van der Waals surface area contributed by atoms with Crippen molar-refractivity contribution in [3.63, 3.8) is 0 Å². The van der Waals surface area contributed by atoms with E-state index in [1.165, 1.54) is 19.3 Å². The van der Waals surface area contributed by atoms with Crippen molar-refractivity contribution in [1.29, 1.82) is 0 Å². The molecule has 1 aliphatic carbocycles. The number of hydrogen-bond donors (Lipinski definition) is 0. The van der Waals surface area contributed by atoms with Crippen molar-refractivity contribution in [2.24, 2.45) is 5.92 Å². The van der Waals surface area contributed by atoms with Gasteiger partial charge in [-0.2, -0.15) is 0 Å². The topological polar surface area (TPSA) is 26.3 Å². The summed E-state index contributed by atoms with van der Waals surface area (Å²) < 4.78 is 5.40. The number of carbonyl (C=O) groups is 1. The normalized spacial score (nSPS) is 15.4. The Morgan fingerprint density at radius 3 is 2.72 bits per heavy atom. The summed E-state index contributed by atoms with van der Waals surface area (Å²) >= 11 is 11.7. The summed E-state index contributed by atoms with van der Waals surface area (Å²) in [4.78, 5) is 11.9. The van der Waals surface area contributed by atoms with Crippen LogP contribution in [0.1, 0.15) is 36.0 Å². The smallest absolute Gasteiger partial charge is 0.189 e. The van der Waals surface area contributed by atoms with E-state index in [1.54, 1.807) is 18.2 Å². The maximum atomic E-state index is 11.9. The second-order valence-electron chi connectivity index (χ2n) is 4.69. The summed E-state index contributed by atoms with van der Waals surface area (Å²) in [6.07, 6.45) is 5.01. The summed E-state index contributed by atoms with van der Waals surface area (Å²) in [5.74, 6) is 0.712. The third-order valence-corrected chi connectivity index (χ3v) is 3.91. The molecule has 0 saturated heterocycles. The van der Waals surface area contributed by atoms with Crippen LogP contribution in [0.4, 0.5) is 0 Å². The zero-order valence-electron chi connectivity index (χ0n) is 10.1. The molecule has 0 aromatic heterocycles. The lowest BCUT2D eigenvalue weighted by atomic mass is 9.83. The molecule has 1 fully saturated rings. The SMILES string of the molecule is O=C(COCCC1CCC1)c1ccc(Cl)cc1Cl. The number of halogens is 2. The molecule has 0 aliphatic heterocycles. The minimum absolute atomic E-state index is 0.0913. The Bertz CT molecular complexity index is 428. The molecule has 98 valence electrons. The van der Waals surface area contributed by atoms with Crippen LogP contribution in [0.2, 0.25) is 10.0 Å². The van der Waals surface area contributed by atoms with Crippen molar-refractivity contribution in [2.45, 2.75) is 25.7 Å². The molecule has 0 radical (unpaired) electrons. The average molecular weight is 287 g/mol. The van der Waals surface area contributed by atoms with Crippen molar-refractivity contribution in [2.75, 3.05) is 13.2 Å². The van der Waals surface area contributed by atoms with Crippen LogP contribution < -0.4 is 0 Å². The lowest BCUT2D eigenvalue weighted by molar-refractivity contribution is 0.0705. The predicted molar refractivity (Wildman–Crippen MR) is 73.6 cm³/mol. The molecule has 0 amide bonds. The molecule has 0 atom stereocenters. The molecule has 0 heterocycles. The van der Waals surface area contributed by atoms with E-state index in [9.17, 15) is 4.79 Å². The molecule has 4 heteroatoms. The van der Waals surface area contributed by atoms with Gasteiger partial charge in [0.15, 0.2) is 5.78 Å². The van der Waals surface area contributed by atoms with Crippen LogP contribution in [0.3, 0.4) is 0 Å². The van der Waals surface area contributed by atoms with E-state index in [0.717, 1.165) is 12.3 Å². The Balaban J connectivity index is 1.76. The lowest BCUT2D eigenvalue weighted by Crippen LogP contribution is -2.16. The molecule has 1 aliphatic rings. The fourth-order valence-electron chi connectivity index (χ4n) is 1.99. The van der Waals surface area contributed by atoms with E-state index >= 15 is 0 Å². The number of benzene rings is 1. The molecule has 1 saturated carbocycles. The Morgan fingerprint density at radius 2 is 2.11 bits per heavy atom. The molecule has 1 aromatic rings. The standard InChI is InChI=1S/C14H16Cl2O2/c15-11-4-5-12(13(16)8-11)14(17)9-18-7-6-10-2-1-3-10/h4-5,8,10H,1-3,6-7,9H2. The lowest BCUT2D eigenvalue weighted by Gasteiger charge is -2.24. The zero-order valence-corrected chi connectivity index (χ0v) is 11.6. The van der Waals surface area contributed by atoms with Gasteiger partial charge in [0.2, 0.25) is 0 Å². The molecule has 2 rings (SSSR count). The highest BCUT2D eigenvalue weighted by Crippen LogP contribution is 2.29. The second-order valence-corrected chi connectivity index (χ2v) is 5.53. The van der Waals surface area contributed by atoms with Crippen LogP contribution >= 0.6 is 23.2 Å². The number of Topliss-reactive ketones (excluding diaryl/α,β-unsaturated/α-hetero) is 1. The van der Waals surface area contributed by atoms with Gasteiger partial charge in [-0.1, -0.05) is 42.5 Å². The number of carbonyl (C=O) groups excluding carboxylic acids is 1. The van der Waals surface area contributed by atoms with E-state index in [0.29, 0.717) is 22.2 Å². The van der Waals surface area contributed by atoms with Crippen molar-refractivity contribution in [1.82, 2.24) is 0 Å². The van der Waals surface area contributed by atoms with Gasteiger partial charge in [0.1, 0.15) is 6.61 Å². The van der Waals surface area contributed by atoms with Crippen LogP contribution in [0.5, 0.6) is 0 Å². The number of ketones is 1. The van der Waals surface area contributed by atoms with Gasteiger partial charge in [-0.25, -0.2) is 0 Å². The van der Waals surface area contributed by atoms with Gasteiger partial charge in [-0.05, 0) is 30.5 Å². The molecular formula is C14H16Cl2O2. The molecule has 0 spiro atoms. The minimum Gasteiger partial charge on any atom is -0.373 e. The molecular weight excluding hydrogens is 271 g/mol. The summed E-state index contributed by atoms with van der Waals surface area (Å²) in [7, 11) is 0. The molecule has 0 bridgehead atoms. The molecule has 18 heavy (non-hydrogen) atoms. The van der Waals surface area contributed by atoms with E-state index in [4.69, 9.17) is 27.9 Å². The van der Waals surface area contributed by atoms with Crippen molar-refractivity contribution >= 4 is 29.0 Å². The first-order valence-corrected chi connectivity index (χ1v) is 6.98. The second kappa shape index (κ2) is 6.55. The Labute approximate surface area is 117 Å². The molecule has 0 unspecified atom stereocenters. The van der Waals surface area contributed by atoms with Crippen molar-refractivity contribution < 1.29 is 9.53 Å². The third kappa shape index (κ3) is 3.71. The van der Waals surface area contributed by atoms with E-state index < -0.39 is 0 Å². The van der Waals surface area contributed by atoms with E-state index in [1.807, 2.05) is 0 Å². The first kappa shape index (κ1) is 13.9. The zero-order chi connectivity index (χ0) is 13.0. The predicted octanol–water partition coefficient (Wildman–Crippen LogP) is 4.38. The van der Waals surface area contributed by atoms with E-state index in [-0.39, 0.29) is 12.4 Å². The van der Waals surface area contributed by atoms with Gasteiger partial charge >= 0.3 is 0 Å². The summed E-state index contributed by atoms with van der Waals surface area (Å²) in [6, 6.07) is 4.88. The summed E-state index contributed by atoms with van der Waals surface area (Å²) in [6.45, 7) is 0.746. The molecule has 2 nitrogen and oxygen atoms in total. The molecule has 1 aromatic carbocycles. The van der Waals surface area contributed by atoms with Gasteiger partial charge in [0.25, 0.3) is 0 Å². The number of rotatable bonds is 6. The van der Waals surface area contributed by atoms with Gasteiger partial charge in [0.05, 0.1) is 5.02 Å². The van der Waals surface area contributed by atoms with Crippen molar-refractivity contribution in [3.05, 3.63) is 33.8 Å². The Hall–Kier alpha value is -0.570. The Morgan fingerprint density at radius 1 is 1.33 bits per heavy atom. The first-order valence-electron chi connectivity index (χ1n) is 6.23. The van der Waals surface area contributed by atoms with E-state index in [2.05, 4.69) is 0 Å². The monoisotopic (exact) mass is 286 g/mol. The van der Waals surface area contributed by atoms with Gasteiger partial charge in [-0.3, -0.25) is 4.79 Å². The van der Waals surface area contributed by atoms with Crippen LogP contribution in [0.25, 0.3) is 0 Å². The highest BCUT2D eigenvalue weighted by molar-refractivity contribution is 6.36. The highest BCUT2D eigenvalue weighted by Gasteiger charge is 2.17. The average Bonchev–Trinajstić information content (AvgIpc) is 2.26. The summed E-state index contributed by atoms with van der Waals surface area (Å²) in [5.41, 5.74) is 0.477. The van der Waals surface area contributed by atoms with Crippen LogP contribution in [0, 0.1) is 5.92 Å².